The van der Waals surface area contributed by atoms with E-state index in [9.17, 15) is 17.6 Å². The lowest BCUT2D eigenvalue weighted by molar-refractivity contribution is -0.116. The van der Waals surface area contributed by atoms with Gasteiger partial charge in [-0.05, 0) is 56.2 Å². The molecule has 1 saturated heterocycles. The summed E-state index contributed by atoms with van der Waals surface area (Å²) in [6.07, 6.45) is 0.433. The second kappa shape index (κ2) is 10.2. The van der Waals surface area contributed by atoms with Gasteiger partial charge in [-0.3, -0.25) is 4.79 Å². The van der Waals surface area contributed by atoms with Gasteiger partial charge in [0.2, 0.25) is 15.9 Å². The van der Waals surface area contributed by atoms with Crippen LogP contribution in [0.4, 0.5) is 10.1 Å². The van der Waals surface area contributed by atoms with Crippen molar-refractivity contribution in [1.29, 1.82) is 0 Å². The number of anilines is 1. The Balaban J connectivity index is 1.78. The zero-order valence-corrected chi connectivity index (χ0v) is 18.5. The first kappa shape index (κ1) is 23.2. The molecule has 0 saturated carbocycles. The fourth-order valence-corrected chi connectivity index (χ4v) is 4.62. The van der Waals surface area contributed by atoms with Gasteiger partial charge in [-0.25, -0.2) is 12.8 Å². The molecule has 9 heteroatoms. The molecule has 1 aliphatic heterocycles. The van der Waals surface area contributed by atoms with Crippen LogP contribution >= 0.6 is 0 Å². The number of halogens is 1. The van der Waals surface area contributed by atoms with E-state index in [0.29, 0.717) is 31.1 Å². The van der Waals surface area contributed by atoms with Gasteiger partial charge in [0.15, 0.2) is 0 Å². The van der Waals surface area contributed by atoms with E-state index in [2.05, 4.69) is 5.32 Å². The highest BCUT2D eigenvalue weighted by molar-refractivity contribution is 7.89. The molecule has 0 aromatic heterocycles. The van der Waals surface area contributed by atoms with E-state index in [0.717, 1.165) is 5.56 Å². The molecule has 0 atom stereocenters. The SMILES string of the molecule is CC(C)Oc1ccc(S(=O)(=O)N2CCOCC2)cc1NC(=O)CCc1ccc(F)cc1. The molecule has 1 heterocycles. The first-order valence-electron chi connectivity index (χ1n) is 10.2. The molecule has 7 nitrogen and oxygen atoms in total. The molecular formula is C22H27FN2O5S. The molecule has 0 spiro atoms. The number of sulfonamides is 1. The van der Waals surface area contributed by atoms with Crippen LogP contribution in [0.5, 0.6) is 5.75 Å². The van der Waals surface area contributed by atoms with Gasteiger partial charge in [-0.1, -0.05) is 12.1 Å². The molecule has 0 bridgehead atoms. The second-order valence-corrected chi connectivity index (χ2v) is 9.45. The number of ether oxygens (including phenoxy) is 2. The van der Waals surface area contributed by atoms with Crippen molar-refractivity contribution in [3.8, 4) is 5.75 Å². The van der Waals surface area contributed by atoms with Crippen molar-refractivity contribution in [1.82, 2.24) is 4.31 Å². The molecule has 2 aromatic rings. The van der Waals surface area contributed by atoms with E-state index < -0.39 is 10.0 Å². The Kier molecular flexibility index (Phi) is 7.64. The summed E-state index contributed by atoms with van der Waals surface area (Å²) in [7, 11) is -3.71. The van der Waals surface area contributed by atoms with E-state index in [1.54, 1.807) is 18.2 Å². The third kappa shape index (κ3) is 6.25. The smallest absolute Gasteiger partial charge is 0.243 e. The van der Waals surface area contributed by atoms with Crippen LogP contribution in [0.15, 0.2) is 47.4 Å². The molecule has 0 radical (unpaired) electrons. The third-order valence-corrected chi connectivity index (χ3v) is 6.64. The topological polar surface area (TPSA) is 84.9 Å². The average molecular weight is 451 g/mol. The minimum atomic E-state index is -3.71. The standard InChI is InChI=1S/C22H27FN2O5S/c1-16(2)30-21-9-8-19(31(27,28)25-11-13-29-14-12-25)15-20(21)24-22(26)10-5-17-3-6-18(23)7-4-17/h3-4,6-9,15-16H,5,10-14H2,1-2H3,(H,24,26). The normalized spacial score (nSPS) is 15.1. The Bertz CT molecular complexity index is 1000. The van der Waals surface area contributed by atoms with Crippen LogP contribution in [0, 0.1) is 5.82 Å². The van der Waals surface area contributed by atoms with Gasteiger partial charge in [0.1, 0.15) is 11.6 Å². The van der Waals surface area contributed by atoms with E-state index in [-0.39, 0.29) is 42.2 Å². The summed E-state index contributed by atoms with van der Waals surface area (Å²) < 4.78 is 51.4. The van der Waals surface area contributed by atoms with Crippen LogP contribution in [0.25, 0.3) is 0 Å². The van der Waals surface area contributed by atoms with Crippen LogP contribution in [0.2, 0.25) is 0 Å². The number of morpholine rings is 1. The molecule has 0 unspecified atom stereocenters. The van der Waals surface area contributed by atoms with Gasteiger partial charge in [-0.15, -0.1) is 0 Å². The van der Waals surface area contributed by atoms with Gasteiger partial charge in [0.25, 0.3) is 0 Å². The van der Waals surface area contributed by atoms with E-state index in [4.69, 9.17) is 9.47 Å². The Morgan fingerprint density at radius 1 is 1.16 bits per heavy atom. The predicted octanol–water partition coefficient (Wildman–Crippen LogP) is 3.21. The van der Waals surface area contributed by atoms with Gasteiger partial charge in [0.05, 0.1) is 29.9 Å². The summed E-state index contributed by atoms with van der Waals surface area (Å²) in [6.45, 7) is 4.95. The maximum Gasteiger partial charge on any atom is 0.243 e. The molecule has 3 rings (SSSR count). The summed E-state index contributed by atoms with van der Waals surface area (Å²) >= 11 is 0. The van der Waals surface area contributed by atoms with Gasteiger partial charge >= 0.3 is 0 Å². The number of amides is 1. The average Bonchev–Trinajstić information content (AvgIpc) is 2.75. The fourth-order valence-electron chi connectivity index (χ4n) is 3.18. The van der Waals surface area contributed by atoms with Gasteiger partial charge < -0.3 is 14.8 Å². The minimum Gasteiger partial charge on any atom is -0.489 e. The number of benzene rings is 2. The lowest BCUT2D eigenvalue weighted by Crippen LogP contribution is -2.40. The molecule has 1 N–H and O–H groups in total. The maximum atomic E-state index is 13.0. The van der Waals surface area contributed by atoms with E-state index in [1.807, 2.05) is 13.8 Å². The van der Waals surface area contributed by atoms with Gasteiger partial charge in [0, 0.05) is 19.5 Å². The first-order valence-corrected chi connectivity index (χ1v) is 11.6. The van der Waals surface area contributed by atoms with Crippen molar-refractivity contribution in [2.45, 2.75) is 37.7 Å². The van der Waals surface area contributed by atoms with Crippen molar-refractivity contribution in [3.63, 3.8) is 0 Å². The predicted molar refractivity (Wildman–Crippen MR) is 115 cm³/mol. The van der Waals surface area contributed by atoms with Crippen molar-refractivity contribution in [2.75, 3.05) is 31.6 Å². The molecule has 31 heavy (non-hydrogen) atoms. The van der Waals surface area contributed by atoms with E-state index in [1.165, 1.54) is 28.6 Å². The Morgan fingerprint density at radius 3 is 2.48 bits per heavy atom. The summed E-state index contributed by atoms with van der Waals surface area (Å²) in [4.78, 5) is 12.6. The highest BCUT2D eigenvalue weighted by atomic mass is 32.2. The lowest BCUT2D eigenvalue weighted by Gasteiger charge is -2.26. The first-order chi connectivity index (χ1) is 14.8. The number of carbonyl (C=O) groups excluding carboxylic acids is 1. The van der Waals surface area contributed by atoms with E-state index >= 15 is 0 Å². The Labute approximate surface area is 182 Å². The minimum absolute atomic E-state index is 0.0827. The van der Waals surface area contributed by atoms with Crippen molar-refractivity contribution in [3.05, 3.63) is 53.8 Å². The summed E-state index contributed by atoms with van der Waals surface area (Å²) in [5, 5.41) is 2.77. The molecule has 168 valence electrons. The summed E-state index contributed by atoms with van der Waals surface area (Å²) in [5.74, 6) is -0.230. The number of rotatable bonds is 8. The van der Waals surface area contributed by atoms with Crippen LogP contribution < -0.4 is 10.1 Å². The summed E-state index contributed by atoms with van der Waals surface area (Å²) in [5.41, 5.74) is 1.13. The number of aryl methyl sites for hydroxylation is 1. The largest absolute Gasteiger partial charge is 0.489 e. The zero-order valence-electron chi connectivity index (χ0n) is 17.6. The fraction of sp³-hybridized carbons (Fsp3) is 0.409. The highest BCUT2D eigenvalue weighted by Gasteiger charge is 2.27. The summed E-state index contributed by atoms with van der Waals surface area (Å²) in [6, 6.07) is 10.4. The number of nitrogens with zero attached hydrogens (tertiary/aromatic N) is 1. The lowest BCUT2D eigenvalue weighted by atomic mass is 10.1. The highest BCUT2D eigenvalue weighted by Crippen LogP contribution is 2.30. The van der Waals surface area contributed by atoms with Crippen molar-refractivity contribution >= 4 is 21.6 Å². The van der Waals surface area contributed by atoms with Crippen LogP contribution in [0.1, 0.15) is 25.8 Å². The molecule has 1 fully saturated rings. The van der Waals surface area contributed by atoms with Crippen LogP contribution in [-0.4, -0.2) is 51.0 Å². The Hall–Kier alpha value is -2.49. The quantitative estimate of drug-likeness (QED) is 0.668. The zero-order chi connectivity index (χ0) is 22.4. The molecule has 0 aliphatic carbocycles. The number of nitrogens with one attached hydrogen (secondary N) is 1. The number of hydrogen-bond acceptors (Lipinski definition) is 5. The molecule has 2 aromatic carbocycles. The Morgan fingerprint density at radius 2 is 1.84 bits per heavy atom. The van der Waals surface area contributed by atoms with Crippen molar-refractivity contribution < 1.29 is 27.1 Å². The van der Waals surface area contributed by atoms with Crippen molar-refractivity contribution in [2.24, 2.45) is 0 Å². The van der Waals surface area contributed by atoms with Gasteiger partial charge in [-0.2, -0.15) is 4.31 Å². The molecule has 1 amide bonds. The second-order valence-electron chi connectivity index (χ2n) is 7.52. The van der Waals surface area contributed by atoms with Crippen LogP contribution in [-0.2, 0) is 26.0 Å². The monoisotopic (exact) mass is 450 g/mol. The third-order valence-electron chi connectivity index (χ3n) is 4.75. The van der Waals surface area contributed by atoms with Crippen LogP contribution in [0.3, 0.4) is 0 Å². The maximum absolute atomic E-state index is 13.0. The number of hydrogen-bond donors (Lipinski definition) is 1. The molecule has 1 aliphatic rings. The molecular weight excluding hydrogens is 423 g/mol. The number of carbonyl (C=O) groups is 1.